The lowest BCUT2D eigenvalue weighted by molar-refractivity contribution is -0.117. The number of amides is 2. The van der Waals surface area contributed by atoms with Crippen LogP contribution in [0.5, 0.6) is 0 Å². The average Bonchev–Trinajstić information content (AvgIpc) is 3.19. The third-order valence-electron chi connectivity index (χ3n) is 4.99. The Morgan fingerprint density at radius 1 is 1.32 bits per heavy atom. The molecule has 1 aliphatic heterocycles. The second-order valence-corrected chi connectivity index (χ2v) is 7.19. The molecule has 1 N–H and O–H groups in total. The molecule has 7 heteroatoms. The van der Waals surface area contributed by atoms with Crippen LogP contribution in [0.2, 0.25) is 0 Å². The molecule has 7 nitrogen and oxygen atoms in total. The zero-order valence-corrected chi connectivity index (χ0v) is 14.4. The molecule has 0 radical (unpaired) electrons. The zero-order chi connectivity index (χ0) is 17.6. The molecular formula is C18H21N5O2. The first-order valence-electron chi connectivity index (χ1n) is 8.57. The maximum Gasteiger partial charge on any atom is 0.271 e. The van der Waals surface area contributed by atoms with Crippen molar-refractivity contribution in [1.82, 2.24) is 19.4 Å². The molecule has 1 fully saturated rings. The van der Waals surface area contributed by atoms with E-state index in [1.54, 1.807) is 23.4 Å². The summed E-state index contributed by atoms with van der Waals surface area (Å²) in [5, 5.41) is 2.64. The first-order valence-corrected chi connectivity index (χ1v) is 8.57. The predicted molar refractivity (Wildman–Crippen MR) is 92.3 cm³/mol. The van der Waals surface area contributed by atoms with Gasteiger partial charge in [-0.25, -0.2) is 9.97 Å². The number of aromatic nitrogens is 3. The second-order valence-electron chi connectivity index (χ2n) is 7.19. The van der Waals surface area contributed by atoms with E-state index in [2.05, 4.69) is 39.9 Å². The van der Waals surface area contributed by atoms with Gasteiger partial charge in [-0.3, -0.25) is 14.9 Å². The van der Waals surface area contributed by atoms with E-state index < -0.39 is 0 Å². The molecule has 130 valence electrons. The predicted octanol–water partition coefficient (Wildman–Crippen LogP) is 1.99. The molecule has 2 amide bonds. The Morgan fingerprint density at radius 3 is 2.68 bits per heavy atom. The Bertz CT molecular complexity index is 823. The number of rotatable bonds is 4. The molecule has 4 rings (SSSR count). The van der Waals surface area contributed by atoms with Crippen LogP contribution in [0.15, 0.2) is 30.7 Å². The van der Waals surface area contributed by atoms with Gasteiger partial charge in [0.05, 0.1) is 5.54 Å². The first kappa shape index (κ1) is 15.8. The van der Waals surface area contributed by atoms with E-state index in [1.807, 2.05) is 6.07 Å². The monoisotopic (exact) mass is 339 g/mol. The van der Waals surface area contributed by atoms with E-state index in [-0.39, 0.29) is 29.8 Å². The molecule has 3 heterocycles. The SMILES string of the molecule is CC(C)c1cc2n(c1)C1(CC1)CN(CC(=O)Nc1ncccn1)C2=O. The molecule has 0 saturated heterocycles. The van der Waals surface area contributed by atoms with Gasteiger partial charge in [-0.1, -0.05) is 13.8 Å². The van der Waals surface area contributed by atoms with E-state index >= 15 is 0 Å². The Morgan fingerprint density at radius 2 is 2.04 bits per heavy atom. The van der Waals surface area contributed by atoms with Crippen LogP contribution in [0.25, 0.3) is 0 Å². The summed E-state index contributed by atoms with van der Waals surface area (Å²) < 4.78 is 2.14. The highest BCUT2D eigenvalue weighted by atomic mass is 16.2. The van der Waals surface area contributed by atoms with E-state index in [9.17, 15) is 9.59 Å². The van der Waals surface area contributed by atoms with Crippen molar-refractivity contribution in [2.45, 2.75) is 38.1 Å². The van der Waals surface area contributed by atoms with Gasteiger partial charge in [-0.05, 0) is 36.5 Å². The van der Waals surface area contributed by atoms with Gasteiger partial charge < -0.3 is 9.47 Å². The number of nitrogens with zero attached hydrogens (tertiary/aromatic N) is 4. The Hall–Kier alpha value is -2.70. The summed E-state index contributed by atoms with van der Waals surface area (Å²) in [7, 11) is 0. The largest absolute Gasteiger partial charge is 0.335 e. The van der Waals surface area contributed by atoms with Crippen molar-refractivity contribution < 1.29 is 9.59 Å². The number of fused-ring (bicyclic) bond motifs is 2. The maximum absolute atomic E-state index is 12.8. The molecule has 0 atom stereocenters. The van der Waals surface area contributed by atoms with Crippen LogP contribution in [0, 0.1) is 0 Å². The highest BCUT2D eigenvalue weighted by Crippen LogP contribution is 2.48. The van der Waals surface area contributed by atoms with Crippen LogP contribution in [-0.2, 0) is 10.3 Å². The molecule has 0 aromatic carbocycles. The normalized spacial score (nSPS) is 17.7. The molecule has 1 aliphatic carbocycles. The Labute approximate surface area is 146 Å². The molecular weight excluding hydrogens is 318 g/mol. The average molecular weight is 339 g/mol. The van der Waals surface area contributed by atoms with Crippen LogP contribution in [0.4, 0.5) is 5.95 Å². The molecule has 2 aliphatic rings. The van der Waals surface area contributed by atoms with Crippen LogP contribution >= 0.6 is 0 Å². The van der Waals surface area contributed by atoms with E-state index in [1.165, 1.54) is 5.56 Å². The van der Waals surface area contributed by atoms with Crippen molar-refractivity contribution >= 4 is 17.8 Å². The van der Waals surface area contributed by atoms with Crippen molar-refractivity contribution in [3.63, 3.8) is 0 Å². The van der Waals surface area contributed by atoms with Gasteiger partial charge in [0, 0.05) is 25.1 Å². The summed E-state index contributed by atoms with van der Waals surface area (Å²) in [6.07, 6.45) is 7.32. The smallest absolute Gasteiger partial charge is 0.271 e. The lowest BCUT2D eigenvalue weighted by Gasteiger charge is -2.34. The fourth-order valence-electron chi connectivity index (χ4n) is 3.39. The molecule has 0 bridgehead atoms. The minimum Gasteiger partial charge on any atom is -0.335 e. The molecule has 2 aromatic heterocycles. The lowest BCUT2D eigenvalue weighted by Crippen LogP contribution is -2.49. The number of anilines is 1. The number of carbonyl (C=O) groups is 2. The third-order valence-corrected chi connectivity index (χ3v) is 4.99. The van der Waals surface area contributed by atoms with Crippen LogP contribution in [-0.4, -0.2) is 44.3 Å². The van der Waals surface area contributed by atoms with E-state index in [4.69, 9.17) is 0 Å². The molecule has 2 aromatic rings. The van der Waals surface area contributed by atoms with E-state index in [0.717, 1.165) is 12.8 Å². The van der Waals surface area contributed by atoms with Crippen LogP contribution < -0.4 is 5.32 Å². The molecule has 1 spiro atoms. The van der Waals surface area contributed by atoms with Crippen molar-refractivity contribution in [2.24, 2.45) is 0 Å². The number of hydrogen-bond acceptors (Lipinski definition) is 4. The topological polar surface area (TPSA) is 80.1 Å². The second kappa shape index (κ2) is 5.68. The van der Waals surface area contributed by atoms with Gasteiger partial charge in [0.15, 0.2) is 0 Å². The molecule has 0 unspecified atom stereocenters. The van der Waals surface area contributed by atoms with Crippen LogP contribution in [0.3, 0.4) is 0 Å². The van der Waals surface area contributed by atoms with Gasteiger partial charge in [0.1, 0.15) is 12.2 Å². The summed E-state index contributed by atoms with van der Waals surface area (Å²) in [5.74, 6) is 0.255. The summed E-state index contributed by atoms with van der Waals surface area (Å²) in [4.78, 5) is 34.7. The standard InChI is InChI=1S/C18H21N5O2/c1-12(2)13-8-14-16(25)22(11-18(4-5-18)23(14)9-13)10-15(24)21-17-19-6-3-7-20-17/h3,6-9,12H,4-5,10-11H2,1-2H3,(H,19,20,21,24). The fourth-order valence-corrected chi connectivity index (χ4v) is 3.39. The number of carbonyl (C=O) groups excluding carboxylic acids is 2. The Kier molecular flexibility index (Phi) is 3.59. The van der Waals surface area contributed by atoms with E-state index in [0.29, 0.717) is 18.2 Å². The lowest BCUT2D eigenvalue weighted by atomic mass is 10.1. The summed E-state index contributed by atoms with van der Waals surface area (Å²) in [5.41, 5.74) is 1.83. The zero-order valence-electron chi connectivity index (χ0n) is 14.4. The molecule has 25 heavy (non-hydrogen) atoms. The van der Waals surface area contributed by atoms with Crippen molar-refractivity contribution in [1.29, 1.82) is 0 Å². The summed E-state index contributed by atoms with van der Waals surface area (Å²) >= 11 is 0. The summed E-state index contributed by atoms with van der Waals surface area (Å²) in [6.45, 7) is 4.84. The van der Waals surface area contributed by atoms with Crippen molar-refractivity contribution in [2.75, 3.05) is 18.4 Å². The first-order chi connectivity index (χ1) is 12.0. The third kappa shape index (κ3) is 2.79. The fraction of sp³-hybridized carbons (Fsp3) is 0.444. The van der Waals surface area contributed by atoms with Gasteiger partial charge in [0.25, 0.3) is 5.91 Å². The number of nitrogens with one attached hydrogen (secondary N) is 1. The summed E-state index contributed by atoms with van der Waals surface area (Å²) in [6, 6.07) is 3.65. The highest BCUT2D eigenvalue weighted by molar-refractivity contribution is 5.99. The quantitative estimate of drug-likeness (QED) is 0.924. The highest BCUT2D eigenvalue weighted by Gasteiger charge is 2.51. The van der Waals surface area contributed by atoms with Crippen LogP contribution in [0.1, 0.15) is 48.7 Å². The Balaban J connectivity index is 1.54. The van der Waals surface area contributed by atoms with Gasteiger partial charge in [0.2, 0.25) is 11.9 Å². The minimum atomic E-state index is -0.278. The van der Waals surface area contributed by atoms with Crippen molar-refractivity contribution in [3.8, 4) is 0 Å². The van der Waals surface area contributed by atoms with Gasteiger partial charge in [-0.15, -0.1) is 0 Å². The number of hydrogen-bond donors (Lipinski definition) is 1. The maximum atomic E-state index is 12.8. The molecule has 1 saturated carbocycles. The van der Waals surface area contributed by atoms with Gasteiger partial charge >= 0.3 is 0 Å². The van der Waals surface area contributed by atoms with Crippen molar-refractivity contribution in [3.05, 3.63) is 42.0 Å². The van der Waals surface area contributed by atoms with Gasteiger partial charge in [-0.2, -0.15) is 0 Å². The minimum absolute atomic E-state index is 0.0149.